The third-order valence-electron chi connectivity index (χ3n) is 4.01. The van der Waals surface area contributed by atoms with Crippen LogP contribution in [0.1, 0.15) is 5.56 Å². The largest absolute Gasteiger partial charge is 0.471 e. The molecule has 0 saturated heterocycles. The van der Waals surface area contributed by atoms with Crippen molar-refractivity contribution in [2.24, 2.45) is 0 Å². The molecule has 0 aliphatic heterocycles. The smallest absolute Gasteiger partial charge is 0.456 e. The molecule has 2 amide bonds. The number of halogens is 13. The van der Waals surface area contributed by atoms with E-state index in [2.05, 4.69) is 19.4 Å². The van der Waals surface area contributed by atoms with Crippen LogP contribution in [0.15, 0.2) is 30.3 Å². The van der Waals surface area contributed by atoms with Crippen LogP contribution in [0, 0.1) is 0 Å². The number of rotatable bonds is 8. The lowest BCUT2D eigenvalue weighted by Gasteiger charge is -2.21. The molecule has 0 unspecified atom stereocenters. The quantitative estimate of drug-likeness (QED) is 0.360. The molecule has 0 fully saturated rings. The first kappa shape index (κ1) is 30.5. The van der Waals surface area contributed by atoms with E-state index in [9.17, 15) is 61.9 Å². The number of ether oxygens (including phenoxy) is 2. The summed E-state index contributed by atoms with van der Waals surface area (Å²) in [5.74, 6) is -14.6. The van der Waals surface area contributed by atoms with E-state index in [1.165, 1.54) is 0 Å². The minimum Gasteiger partial charge on any atom is -0.471 e. The summed E-state index contributed by atoms with van der Waals surface area (Å²) < 4.78 is 172. The fraction of sp³-hybridized carbons (Fsp3) is 0.389. The first-order valence-corrected chi connectivity index (χ1v) is 9.40. The lowest BCUT2D eigenvalue weighted by atomic mass is 10.2. The van der Waals surface area contributed by atoms with Gasteiger partial charge in [-0.05, 0) is 24.3 Å². The zero-order valence-electron chi connectivity index (χ0n) is 17.8. The van der Waals surface area contributed by atoms with Gasteiger partial charge < -0.3 is 14.8 Å². The van der Waals surface area contributed by atoms with Crippen molar-refractivity contribution < 1.29 is 71.3 Å². The minimum atomic E-state index is -6.10. The summed E-state index contributed by atoms with van der Waals surface area (Å²) in [7, 11) is 0. The first-order chi connectivity index (χ1) is 17.1. The summed E-state index contributed by atoms with van der Waals surface area (Å²) in [6.45, 7) is -4.86. The van der Waals surface area contributed by atoms with Crippen molar-refractivity contribution in [1.29, 1.82) is 0 Å². The highest BCUT2D eigenvalue weighted by molar-refractivity contribution is 5.98. The van der Waals surface area contributed by atoms with Crippen LogP contribution in [0.3, 0.4) is 0 Å². The van der Waals surface area contributed by atoms with E-state index in [4.69, 9.17) is 0 Å². The fourth-order valence-electron chi connectivity index (χ4n) is 2.11. The normalized spacial score (nSPS) is 13.2. The molecule has 2 rings (SSSR count). The van der Waals surface area contributed by atoms with Crippen LogP contribution in [0.25, 0.3) is 0 Å². The zero-order valence-corrected chi connectivity index (χ0v) is 17.8. The number of hydrogen-bond donors (Lipinski definition) is 2. The molecule has 0 spiro atoms. The number of amides is 2. The highest BCUT2D eigenvalue weighted by Crippen LogP contribution is 2.37. The van der Waals surface area contributed by atoms with Gasteiger partial charge in [-0.15, -0.1) is 0 Å². The monoisotopic (exact) mass is 578 g/mol. The zero-order chi connectivity index (χ0) is 29.2. The number of carbonyl (C=O) groups is 1. The van der Waals surface area contributed by atoms with Crippen LogP contribution < -0.4 is 20.1 Å². The highest BCUT2D eigenvalue weighted by Gasteiger charge is 2.59. The van der Waals surface area contributed by atoms with Crippen LogP contribution in [-0.2, 0) is 6.18 Å². The van der Waals surface area contributed by atoms with Gasteiger partial charge in [-0.25, -0.2) is 4.79 Å². The SMILES string of the molecule is O=C(Nc1ccc(C(F)(F)F)cc1)Nc1nc(OCC(F)(F)C(F)(F)F)cc(OCC(F)(F)C(F)(F)F)n1. The van der Waals surface area contributed by atoms with Crippen molar-refractivity contribution in [3.05, 3.63) is 35.9 Å². The number of benzene rings is 1. The summed E-state index contributed by atoms with van der Waals surface area (Å²) in [5.41, 5.74) is -1.36. The molecule has 1 aromatic carbocycles. The Bertz CT molecular complexity index is 1070. The highest BCUT2D eigenvalue weighted by atomic mass is 19.4. The second-order valence-corrected chi connectivity index (χ2v) is 7.00. The van der Waals surface area contributed by atoms with E-state index >= 15 is 0 Å². The summed E-state index contributed by atoms with van der Waals surface area (Å²) in [5, 5.41) is 3.64. The van der Waals surface area contributed by atoms with Gasteiger partial charge in [-0.1, -0.05) is 0 Å². The molecule has 2 aromatic rings. The van der Waals surface area contributed by atoms with Crippen LogP contribution in [-0.4, -0.2) is 53.4 Å². The van der Waals surface area contributed by atoms with Gasteiger partial charge in [-0.3, -0.25) is 5.32 Å². The molecule has 0 bridgehead atoms. The van der Waals surface area contributed by atoms with Crippen LogP contribution in [0.4, 0.5) is 73.5 Å². The molecule has 7 nitrogen and oxygen atoms in total. The Kier molecular flexibility index (Phi) is 8.47. The Morgan fingerprint density at radius 3 is 1.47 bits per heavy atom. The molecule has 0 saturated carbocycles. The van der Waals surface area contributed by atoms with Gasteiger partial charge in [0, 0.05) is 5.69 Å². The molecule has 2 N–H and O–H groups in total. The third kappa shape index (κ3) is 8.13. The summed E-state index contributed by atoms with van der Waals surface area (Å²) >= 11 is 0. The number of anilines is 2. The Hall–Kier alpha value is -3.74. The molecule has 1 heterocycles. The molecule has 38 heavy (non-hydrogen) atoms. The second kappa shape index (κ2) is 10.6. The van der Waals surface area contributed by atoms with E-state index in [1.807, 2.05) is 5.32 Å². The summed E-state index contributed by atoms with van der Waals surface area (Å²) in [6.07, 6.45) is -16.9. The van der Waals surface area contributed by atoms with Crippen LogP contribution >= 0.6 is 0 Å². The molecule has 212 valence electrons. The number of urea groups is 1. The standard InChI is InChI=1S/C18H11F13N4O3/c19-14(20,17(26,27)28)6-37-10-5-11(38-7-15(21,22)18(29,30)31)34-12(33-10)35-13(36)32-9-3-1-8(2-4-9)16(23,24)25/h1-5H,6-7H2,(H2,32,33,34,35,36). The fourth-order valence-corrected chi connectivity index (χ4v) is 2.11. The van der Waals surface area contributed by atoms with E-state index in [-0.39, 0.29) is 11.8 Å². The average molecular weight is 578 g/mol. The minimum absolute atomic E-state index is 0.178. The van der Waals surface area contributed by atoms with Crippen molar-refractivity contribution in [2.75, 3.05) is 23.8 Å². The van der Waals surface area contributed by atoms with Crippen LogP contribution in [0.2, 0.25) is 0 Å². The van der Waals surface area contributed by atoms with Crippen LogP contribution in [0.5, 0.6) is 11.8 Å². The third-order valence-corrected chi connectivity index (χ3v) is 4.01. The molecule has 20 heteroatoms. The number of carbonyl (C=O) groups excluding carboxylic acids is 1. The first-order valence-electron chi connectivity index (χ1n) is 9.40. The maximum Gasteiger partial charge on any atom is 0.456 e. The summed E-state index contributed by atoms with van der Waals surface area (Å²) in [4.78, 5) is 18.4. The average Bonchev–Trinajstić information content (AvgIpc) is 2.74. The number of alkyl halides is 13. The Morgan fingerprint density at radius 2 is 1.11 bits per heavy atom. The molecular formula is C18H11F13N4O3. The lowest BCUT2D eigenvalue weighted by molar-refractivity contribution is -0.290. The molecule has 0 radical (unpaired) electrons. The van der Waals surface area contributed by atoms with Gasteiger partial charge in [0.05, 0.1) is 11.6 Å². The van der Waals surface area contributed by atoms with Crippen molar-refractivity contribution in [2.45, 2.75) is 30.4 Å². The van der Waals surface area contributed by atoms with E-state index < -0.39 is 72.9 Å². The second-order valence-electron chi connectivity index (χ2n) is 7.00. The van der Waals surface area contributed by atoms with E-state index in [0.29, 0.717) is 12.1 Å². The number of hydrogen-bond acceptors (Lipinski definition) is 5. The number of nitrogens with one attached hydrogen (secondary N) is 2. The van der Waals surface area contributed by atoms with Gasteiger partial charge in [-0.2, -0.15) is 67.0 Å². The van der Waals surface area contributed by atoms with Gasteiger partial charge in [0.2, 0.25) is 17.7 Å². The number of nitrogens with zero attached hydrogens (tertiary/aromatic N) is 2. The molecule has 0 aliphatic rings. The Balaban J connectivity index is 2.25. The summed E-state index contributed by atoms with van der Waals surface area (Å²) in [6, 6.07) is 1.50. The van der Waals surface area contributed by atoms with Gasteiger partial charge in [0.1, 0.15) is 0 Å². The Labute approximate surface area is 201 Å². The molecule has 0 atom stereocenters. The predicted octanol–water partition coefficient (Wildman–Crippen LogP) is 6.29. The van der Waals surface area contributed by atoms with Gasteiger partial charge in [0.15, 0.2) is 13.2 Å². The lowest BCUT2D eigenvalue weighted by Crippen LogP contribution is -2.42. The number of aromatic nitrogens is 2. The predicted molar refractivity (Wildman–Crippen MR) is 99.1 cm³/mol. The van der Waals surface area contributed by atoms with Gasteiger partial charge in [0.25, 0.3) is 0 Å². The van der Waals surface area contributed by atoms with Gasteiger partial charge >= 0.3 is 36.4 Å². The Morgan fingerprint density at radius 1 is 0.684 bits per heavy atom. The topological polar surface area (TPSA) is 85.4 Å². The van der Waals surface area contributed by atoms with E-state index in [0.717, 1.165) is 12.1 Å². The molecule has 0 aliphatic carbocycles. The van der Waals surface area contributed by atoms with Crippen molar-refractivity contribution >= 4 is 17.7 Å². The van der Waals surface area contributed by atoms with E-state index in [1.54, 1.807) is 5.32 Å². The van der Waals surface area contributed by atoms with Crippen molar-refractivity contribution in [3.8, 4) is 11.8 Å². The molecule has 1 aromatic heterocycles. The molecular weight excluding hydrogens is 567 g/mol. The van der Waals surface area contributed by atoms with Crippen molar-refractivity contribution in [1.82, 2.24) is 9.97 Å². The maximum absolute atomic E-state index is 13.1. The maximum atomic E-state index is 13.1. The van der Waals surface area contributed by atoms with Crippen molar-refractivity contribution in [3.63, 3.8) is 0 Å².